The van der Waals surface area contributed by atoms with Gasteiger partial charge in [-0.05, 0) is 37.3 Å². The van der Waals surface area contributed by atoms with Crippen LogP contribution < -0.4 is 5.73 Å². The van der Waals surface area contributed by atoms with Crippen molar-refractivity contribution in [1.29, 1.82) is 0 Å². The zero-order valence-corrected chi connectivity index (χ0v) is 14.6. The standard InChI is InChI=1S/C17H15N7O3/c1-9-7-13(10(2)26-9)17-21-19-14(27-17)8-24-22-16(20-23-24)12-5-3-11(4-6-12)15(18)25/h3-7H,8H2,1-2H3,(H2,18,25). The third-order valence-corrected chi connectivity index (χ3v) is 3.90. The number of tetrazole rings is 1. The molecule has 27 heavy (non-hydrogen) atoms. The minimum atomic E-state index is -0.492. The van der Waals surface area contributed by atoms with Gasteiger partial charge in [-0.3, -0.25) is 4.79 Å². The summed E-state index contributed by atoms with van der Waals surface area (Å²) in [5, 5.41) is 20.3. The fourth-order valence-corrected chi connectivity index (χ4v) is 2.60. The number of benzene rings is 1. The number of furan rings is 1. The number of rotatable bonds is 5. The Labute approximate surface area is 153 Å². The highest BCUT2D eigenvalue weighted by molar-refractivity contribution is 5.93. The lowest BCUT2D eigenvalue weighted by atomic mass is 10.1. The summed E-state index contributed by atoms with van der Waals surface area (Å²) in [5.74, 6) is 2.12. The molecule has 0 aliphatic carbocycles. The van der Waals surface area contributed by atoms with Gasteiger partial charge in [0.1, 0.15) is 18.1 Å². The lowest BCUT2D eigenvalue weighted by Crippen LogP contribution is -2.10. The molecule has 0 saturated heterocycles. The van der Waals surface area contributed by atoms with E-state index in [0.717, 1.165) is 11.3 Å². The Balaban J connectivity index is 1.51. The zero-order chi connectivity index (χ0) is 19.0. The molecular weight excluding hydrogens is 350 g/mol. The van der Waals surface area contributed by atoms with Gasteiger partial charge in [0.05, 0.1) is 5.56 Å². The van der Waals surface area contributed by atoms with E-state index in [1.54, 1.807) is 24.3 Å². The van der Waals surface area contributed by atoms with Crippen molar-refractivity contribution in [2.45, 2.75) is 20.4 Å². The van der Waals surface area contributed by atoms with E-state index in [-0.39, 0.29) is 6.54 Å². The maximum Gasteiger partial charge on any atom is 0.251 e. The van der Waals surface area contributed by atoms with E-state index < -0.39 is 5.91 Å². The van der Waals surface area contributed by atoms with Crippen LogP contribution >= 0.6 is 0 Å². The lowest BCUT2D eigenvalue weighted by Gasteiger charge is -1.97. The highest BCUT2D eigenvalue weighted by Gasteiger charge is 2.16. The minimum Gasteiger partial charge on any atom is -0.466 e. The molecule has 0 radical (unpaired) electrons. The Kier molecular flexibility index (Phi) is 3.99. The highest BCUT2D eigenvalue weighted by atomic mass is 16.4. The van der Waals surface area contributed by atoms with Gasteiger partial charge in [-0.15, -0.1) is 20.4 Å². The number of carbonyl (C=O) groups is 1. The van der Waals surface area contributed by atoms with Crippen LogP contribution in [0.15, 0.2) is 39.2 Å². The molecule has 1 amide bonds. The molecule has 0 unspecified atom stereocenters. The van der Waals surface area contributed by atoms with Crippen LogP contribution in [0.25, 0.3) is 22.8 Å². The number of amides is 1. The first-order valence-electron chi connectivity index (χ1n) is 8.07. The molecule has 136 valence electrons. The summed E-state index contributed by atoms with van der Waals surface area (Å²) >= 11 is 0. The average Bonchev–Trinajstić information content (AvgIpc) is 3.36. The largest absolute Gasteiger partial charge is 0.466 e. The normalized spacial score (nSPS) is 11.0. The number of aromatic nitrogens is 6. The van der Waals surface area contributed by atoms with Gasteiger partial charge in [0, 0.05) is 11.1 Å². The van der Waals surface area contributed by atoms with Crippen molar-refractivity contribution < 1.29 is 13.6 Å². The van der Waals surface area contributed by atoms with Crippen LogP contribution in [0, 0.1) is 13.8 Å². The molecule has 3 aromatic heterocycles. The Hall–Kier alpha value is -3.82. The zero-order valence-electron chi connectivity index (χ0n) is 14.6. The molecule has 0 fully saturated rings. The summed E-state index contributed by atoms with van der Waals surface area (Å²) in [7, 11) is 0. The number of hydrogen-bond acceptors (Lipinski definition) is 8. The molecule has 10 heteroatoms. The molecule has 4 aromatic rings. The second kappa shape index (κ2) is 6.48. The number of nitrogens with two attached hydrogens (primary N) is 1. The van der Waals surface area contributed by atoms with Crippen molar-refractivity contribution in [2.24, 2.45) is 5.73 Å². The summed E-state index contributed by atoms with van der Waals surface area (Å²) in [6, 6.07) is 8.47. The van der Waals surface area contributed by atoms with Gasteiger partial charge in [-0.2, -0.15) is 4.80 Å². The van der Waals surface area contributed by atoms with Gasteiger partial charge in [0.25, 0.3) is 5.89 Å². The second-order valence-corrected chi connectivity index (χ2v) is 5.91. The van der Waals surface area contributed by atoms with E-state index in [9.17, 15) is 4.79 Å². The minimum absolute atomic E-state index is 0.176. The summed E-state index contributed by atoms with van der Waals surface area (Å²) < 4.78 is 11.1. The number of nitrogens with zero attached hydrogens (tertiary/aromatic N) is 6. The van der Waals surface area contributed by atoms with Gasteiger partial charge in [0.2, 0.25) is 17.6 Å². The molecule has 0 aliphatic heterocycles. The van der Waals surface area contributed by atoms with Crippen molar-refractivity contribution in [3.8, 4) is 22.8 Å². The summed E-state index contributed by atoms with van der Waals surface area (Å²) in [6.45, 7) is 3.86. The number of carbonyl (C=O) groups excluding carboxylic acids is 1. The average molecular weight is 365 g/mol. The molecular formula is C17H15N7O3. The molecule has 1 aromatic carbocycles. The van der Waals surface area contributed by atoms with Gasteiger partial charge in [-0.1, -0.05) is 12.1 Å². The first kappa shape index (κ1) is 16.6. The van der Waals surface area contributed by atoms with Crippen LogP contribution in [0.3, 0.4) is 0 Å². The van der Waals surface area contributed by atoms with Crippen molar-refractivity contribution in [3.63, 3.8) is 0 Å². The van der Waals surface area contributed by atoms with Crippen LogP contribution in [0.2, 0.25) is 0 Å². The second-order valence-electron chi connectivity index (χ2n) is 5.91. The summed E-state index contributed by atoms with van der Waals surface area (Å²) in [5.41, 5.74) is 7.11. The Bertz CT molecular complexity index is 1110. The maximum absolute atomic E-state index is 11.1. The Morgan fingerprint density at radius 3 is 2.56 bits per heavy atom. The van der Waals surface area contributed by atoms with Gasteiger partial charge in [-0.25, -0.2) is 0 Å². The quantitative estimate of drug-likeness (QED) is 0.564. The molecule has 2 N–H and O–H groups in total. The number of primary amides is 1. The van der Waals surface area contributed by atoms with Crippen molar-refractivity contribution in [3.05, 3.63) is 53.3 Å². The molecule has 0 atom stereocenters. The van der Waals surface area contributed by atoms with E-state index >= 15 is 0 Å². The monoisotopic (exact) mass is 365 g/mol. The van der Waals surface area contributed by atoms with Crippen LogP contribution in [-0.2, 0) is 6.54 Å². The van der Waals surface area contributed by atoms with Crippen LogP contribution in [0.1, 0.15) is 27.8 Å². The third kappa shape index (κ3) is 3.32. The molecule has 0 bridgehead atoms. The number of aryl methyl sites for hydroxylation is 2. The Morgan fingerprint density at radius 2 is 1.89 bits per heavy atom. The van der Waals surface area contributed by atoms with E-state index in [1.165, 1.54) is 4.80 Å². The lowest BCUT2D eigenvalue weighted by molar-refractivity contribution is 0.100. The predicted octanol–water partition coefficient (Wildman–Crippen LogP) is 1.75. The summed E-state index contributed by atoms with van der Waals surface area (Å²) in [4.78, 5) is 12.5. The molecule has 4 rings (SSSR count). The van der Waals surface area contributed by atoms with E-state index in [1.807, 2.05) is 19.9 Å². The SMILES string of the molecule is Cc1cc(-c2nnc(Cn3nnc(-c4ccc(C(N)=O)cc4)n3)o2)c(C)o1. The molecule has 10 nitrogen and oxygen atoms in total. The molecule has 0 saturated carbocycles. The van der Waals surface area contributed by atoms with Crippen molar-refractivity contribution in [1.82, 2.24) is 30.4 Å². The first-order chi connectivity index (χ1) is 13.0. The number of hydrogen-bond donors (Lipinski definition) is 1. The van der Waals surface area contributed by atoms with E-state index in [2.05, 4.69) is 25.6 Å². The van der Waals surface area contributed by atoms with Crippen LogP contribution in [-0.4, -0.2) is 36.3 Å². The van der Waals surface area contributed by atoms with Gasteiger partial charge < -0.3 is 14.6 Å². The topological polar surface area (TPSA) is 139 Å². The van der Waals surface area contributed by atoms with Crippen molar-refractivity contribution >= 4 is 5.91 Å². The fraction of sp³-hybridized carbons (Fsp3) is 0.176. The Morgan fingerprint density at radius 1 is 1.11 bits per heavy atom. The van der Waals surface area contributed by atoms with Crippen LogP contribution in [0.5, 0.6) is 0 Å². The first-order valence-corrected chi connectivity index (χ1v) is 8.07. The van der Waals surface area contributed by atoms with E-state index in [4.69, 9.17) is 14.6 Å². The predicted molar refractivity (Wildman–Crippen MR) is 92.3 cm³/mol. The van der Waals surface area contributed by atoms with Gasteiger partial charge >= 0.3 is 0 Å². The van der Waals surface area contributed by atoms with Crippen LogP contribution in [0.4, 0.5) is 0 Å². The molecule has 3 heterocycles. The summed E-state index contributed by atoms with van der Waals surface area (Å²) in [6.07, 6.45) is 0. The van der Waals surface area contributed by atoms with Crippen molar-refractivity contribution in [2.75, 3.05) is 0 Å². The molecule has 0 aliphatic rings. The third-order valence-electron chi connectivity index (χ3n) is 3.90. The van der Waals surface area contributed by atoms with Gasteiger partial charge in [0.15, 0.2) is 0 Å². The maximum atomic E-state index is 11.1. The fourth-order valence-electron chi connectivity index (χ4n) is 2.60. The highest BCUT2D eigenvalue weighted by Crippen LogP contribution is 2.25. The molecule has 0 spiro atoms. The van der Waals surface area contributed by atoms with E-state index in [0.29, 0.717) is 34.5 Å². The smallest absolute Gasteiger partial charge is 0.251 e.